The lowest BCUT2D eigenvalue weighted by atomic mass is 10.1. The summed E-state index contributed by atoms with van der Waals surface area (Å²) in [5.74, 6) is 0.348. The van der Waals surface area contributed by atoms with Gasteiger partial charge < -0.3 is 15.2 Å². The van der Waals surface area contributed by atoms with E-state index in [9.17, 15) is 9.90 Å². The van der Waals surface area contributed by atoms with Crippen LogP contribution in [0.15, 0.2) is 53.3 Å². The normalized spacial score (nSPS) is 11.9. The first kappa shape index (κ1) is 19.1. The third kappa shape index (κ3) is 4.72. The van der Waals surface area contributed by atoms with Crippen LogP contribution in [0.1, 0.15) is 27.8 Å². The van der Waals surface area contributed by atoms with E-state index in [2.05, 4.69) is 31.3 Å². The molecule has 3 aromatic rings. The summed E-state index contributed by atoms with van der Waals surface area (Å²) < 4.78 is 7.51. The number of aliphatic hydroxyl groups excluding tert-OH is 1. The average molecular weight is 431 g/mol. The van der Waals surface area contributed by atoms with Gasteiger partial charge in [0.05, 0.1) is 19.8 Å². The standard InChI is InChI=1S/C19H19BrN4O3/c1-12-9-14(5-8-16(12)20)22-19(26)18-21-11-24(23-18)10-17(25)13-3-6-15(27-2)7-4-13/h3-9,11,17,25H,10H2,1-2H3,(H,22,26)/t17-/m1/s1. The van der Waals surface area contributed by atoms with Gasteiger partial charge in [0.25, 0.3) is 5.91 Å². The zero-order valence-electron chi connectivity index (χ0n) is 14.9. The van der Waals surface area contributed by atoms with Crippen LogP contribution in [0.2, 0.25) is 0 Å². The van der Waals surface area contributed by atoms with Gasteiger partial charge in [0.2, 0.25) is 5.82 Å². The molecule has 0 radical (unpaired) electrons. The summed E-state index contributed by atoms with van der Waals surface area (Å²) >= 11 is 3.42. The van der Waals surface area contributed by atoms with E-state index in [1.807, 2.05) is 19.1 Å². The summed E-state index contributed by atoms with van der Waals surface area (Å²) in [7, 11) is 1.59. The van der Waals surface area contributed by atoms with Gasteiger partial charge in [-0.05, 0) is 48.4 Å². The fourth-order valence-electron chi connectivity index (χ4n) is 2.50. The lowest BCUT2D eigenvalue weighted by Crippen LogP contribution is -2.15. The maximum absolute atomic E-state index is 12.3. The van der Waals surface area contributed by atoms with Crippen molar-refractivity contribution in [3.05, 3.63) is 70.2 Å². The van der Waals surface area contributed by atoms with E-state index in [0.29, 0.717) is 11.4 Å². The highest BCUT2D eigenvalue weighted by Gasteiger charge is 2.15. The molecule has 1 heterocycles. The third-order valence-corrected chi connectivity index (χ3v) is 4.91. The van der Waals surface area contributed by atoms with Crippen molar-refractivity contribution in [2.24, 2.45) is 0 Å². The Kier molecular flexibility index (Phi) is 5.88. The summed E-state index contributed by atoms with van der Waals surface area (Å²) in [5, 5.41) is 17.3. The fourth-order valence-corrected chi connectivity index (χ4v) is 2.75. The molecule has 1 amide bonds. The quantitative estimate of drug-likeness (QED) is 0.625. The highest BCUT2D eigenvalue weighted by Crippen LogP contribution is 2.21. The molecule has 27 heavy (non-hydrogen) atoms. The molecule has 0 saturated carbocycles. The lowest BCUT2D eigenvalue weighted by molar-refractivity contribution is 0.101. The summed E-state index contributed by atoms with van der Waals surface area (Å²) in [6, 6.07) is 12.6. The third-order valence-electron chi connectivity index (χ3n) is 4.02. The van der Waals surface area contributed by atoms with Crippen LogP contribution in [0.4, 0.5) is 5.69 Å². The number of hydrogen-bond acceptors (Lipinski definition) is 5. The van der Waals surface area contributed by atoms with Crippen LogP contribution in [-0.4, -0.2) is 32.9 Å². The van der Waals surface area contributed by atoms with Crippen LogP contribution in [0.25, 0.3) is 0 Å². The highest BCUT2D eigenvalue weighted by atomic mass is 79.9. The SMILES string of the molecule is COc1ccc([C@H](O)Cn2cnc(C(=O)Nc3ccc(Br)c(C)c3)n2)cc1. The Morgan fingerprint density at radius 1 is 1.30 bits per heavy atom. The predicted molar refractivity (Wildman–Crippen MR) is 105 cm³/mol. The van der Waals surface area contributed by atoms with Crippen LogP contribution in [0.3, 0.4) is 0 Å². The summed E-state index contributed by atoms with van der Waals surface area (Å²) in [4.78, 5) is 16.3. The number of methoxy groups -OCH3 is 1. The van der Waals surface area contributed by atoms with E-state index in [-0.39, 0.29) is 12.4 Å². The minimum Gasteiger partial charge on any atom is -0.497 e. The van der Waals surface area contributed by atoms with Gasteiger partial charge in [-0.15, -0.1) is 5.10 Å². The topological polar surface area (TPSA) is 89.3 Å². The molecule has 0 saturated heterocycles. The van der Waals surface area contributed by atoms with E-state index in [4.69, 9.17) is 4.74 Å². The predicted octanol–water partition coefficient (Wildman–Crippen LogP) is 3.34. The zero-order chi connectivity index (χ0) is 19.4. The molecule has 2 N–H and O–H groups in total. The number of rotatable bonds is 6. The molecular formula is C19H19BrN4O3. The number of halogens is 1. The first-order chi connectivity index (χ1) is 13.0. The first-order valence-electron chi connectivity index (χ1n) is 8.25. The number of nitrogens with one attached hydrogen (secondary N) is 1. The molecule has 7 nitrogen and oxygen atoms in total. The van der Waals surface area contributed by atoms with E-state index >= 15 is 0 Å². The number of nitrogens with zero attached hydrogens (tertiary/aromatic N) is 3. The molecule has 0 fully saturated rings. The highest BCUT2D eigenvalue weighted by molar-refractivity contribution is 9.10. The number of aromatic nitrogens is 3. The Morgan fingerprint density at radius 2 is 2.04 bits per heavy atom. The zero-order valence-corrected chi connectivity index (χ0v) is 16.5. The molecule has 0 unspecified atom stereocenters. The molecule has 0 aliphatic rings. The van der Waals surface area contributed by atoms with Crippen LogP contribution >= 0.6 is 15.9 Å². The molecule has 3 rings (SSSR count). The second-order valence-electron chi connectivity index (χ2n) is 6.00. The van der Waals surface area contributed by atoms with Crippen LogP contribution in [-0.2, 0) is 6.54 Å². The molecule has 8 heteroatoms. The number of aliphatic hydroxyl groups is 1. The molecule has 0 aliphatic carbocycles. The molecule has 2 aromatic carbocycles. The van der Waals surface area contributed by atoms with Gasteiger partial charge in [0.15, 0.2) is 0 Å². The number of hydrogen-bond donors (Lipinski definition) is 2. The Morgan fingerprint density at radius 3 is 2.70 bits per heavy atom. The van der Waals surface area contributed by atoms with Gasteiger partial charge in [0.1, 0.15) is 12.1 Å². The van der Waals surface area contributed by atoms with Crippen LogP contribution < -0.4 is 10.1 Å². The van der Waals surface area contributed by atoms with Gasteiger partial charge in [-0.25, -0.2) is 9.67 Å². The smallest absolute Gasteiger partial charge is 0.295 e. The minimum atomic E-state index is -0.775. The fraction of sp³-hybridized carbons (Fsp3) is 0.211. The number of benzene rings is 2. The number of anilines is 1. The van der Waals surface area contributed by atoms with E-state index in [1.165, 1.54) is 11.0 Å². The van der Waals surface area contributed by atoms with E-state index < -0.39 is 12.0 Å². The van der Waals surface area contributed by atoms with Crippen molar-refractivity contribution < 1.29 is 14.6 Å². The number of amides is 1. The molecule has 0 aliphatic heterocycles. The number of ether oxygens (including phenoxy) is 1. The molecule has 140 valence electrons. The molecular weight excluding hydrogens is 412 g/mol. The summed E-state index contributed by atoms with van der Waals surface area (Å²) in [6.45, 7) is 2.12. The van der Waals surface area contributed by atoms with Gasteiger partial charge in [0, 0.05) is 10.2 Å². The molecule has 0 bridgehead atoms. The second kappa shape index (κ2) is 8.32. The van der Waals surface area contributed by atoms with Crippen molar-refractivity contribution >= 4 is 27.5 Å². The Labute approximate surface area is 165 Å². The van der Waals surface area contributed by atoms with Gasteiger partial charge in [-0.3, -0.25) is 4.79 Å². The van der Waals surface area contributed by atoms with Gasteiger partial charge >= 0.3 is 0 Å². The van der Waals surface area contributed by atoms with Crippen molar-refractivity contribution in [1.82, 2.24) is 14.8 Å². The minimum absolute atomic E-state index is 0.0394. The van der Waals surface area contributed by atoms with Gasteiger partial charge in [-0.1, -0.05) is 28.1 Å². The molecule has 0 spiro atoms. The van der Waals surface area contributed by atoms with Crippen molar-refractivity contribution in [1.29, 1.82) is 0 Å². The van der Waals surface area contributed by atoms with Crippen molar-refractivity contribution in [2.75, 3.05) is 12.4 Å². The Hall–Kier alpha value is -2.71. The largest absolute Gasteiger partial charge is 0.497 e. The van der Waals surface area contributed by atoms with E-state index in [1.54, 1.807) is 37.4 Å². The van der Waals surface area contributed by atoms with Crippen molar-refractivity contribution in [3.8, 4) is 5.75 Å². The van der Waals surface area contributed by atoms with Crippen molar-refractivity contribution in [2.45, 2.75) is 19.6 Å². The van der Waals surface area contributed by atoms with Crippen molar-refractivity contribution in [3.63, 3.8) is 0 Å². The molecule has 1 atom stereocenters. The lowest BCUT2D eigenvalue weighted by Gasteiger charge is -2.11. The van der Waals surface area contributed by atoms with E-state index in [0.717, 1.165) is 15.6 Å². The average Bonchev–Trinajstić information content (AvgIpc) is 3.13. The van der Waals surface area contributed by atoms with Crippen LogP contribution in [0, 0.1) is 6.92 Å². The number of carbonyl (C=O) groups excluding carboxylic acids is 1. The second-order valence-corrected chi connectivity index (χ2v) is 6.85. The Bertz CT molecular complexity index is 940. The maximum Gasteiger partial charge on any atom is 0.295 e. The summed E-state index contributed by atoms with van der Waals surface area (Å²) in [5.41, 5.74) is 2.40. The maximum atomic E-state index is 12.3. The van der Waals surface area contributed by atoms with Gasteiger partial charge in [-0.2, -0.15) is 0 Å². The molecule has 1 aromatic heterocycles. The Balaban J connectivity index is 1.64. The number of aryl methyl sites for hydroxylation is 1. The number of carbonyl (C=O) groups is 1. The summed E-state index contributed by atoms with van der Waals surface area (Å²) in [6.07, 6.45) is 0.650. The van der Waals surface area contributed by atoms with Crippen LogP contribution in [0.5, 0.6) is 5.75 Å². The monoisotopic (exact) mass is 430 g/mol. The first-order valence-corrected chi connectivity index (χ1v) is 9.04.